The molecule has 2 nitrogen and oxygen atoms in total. The van der Waals surface area contributed by atoms with Crippen molar-refractivity contribution < 1.29 is 4.79 Å². The Hall–Kier alpha value is -0.530. The van der Waals surface area contributed by atoms with E-state index in [0.29, 0.717) is 28.7 Å². The third-order valence-electron chi connectivity index (χ3n) is 7.54. The van der Waals surface area contributed by atoms with Crippen molar-refractivity contribution >= 4 is 5.91 Å². The van der Waals surface area contributed by atoms with Crippen LogP contribution in [0.3, 0.4) is 0 Å². The van der Waals surface area contributed by atoms with Gasteiger partial charge in [0.15, 0.2) is 0 Å². The van der Waals surface area contributed by atoms with Crippen molar-refractivity contribution in [3.8, 4) is 0 Å². The van der Waals surface area contributed by atoms with E-state index in [1.54, 1.807) is 0 Å². The lowest BCUT2D eigenvalue weighted by Gasteiger charge is -2.64. The van der Waals surface area contributed by atoms with E-state index in [0.717, 1.165) is 18.8 Å². The Kier molecular flexibility index (Phi) is 3.24. The molecule has 0 saturated heterocycles. The lowest BCUT2D eigenvalue weighted by atomic mass is 9.40. The predicted octanol–water partition coefficient (Wildman–Crippen LogP) is 4.68. The summed E-state index contributed by atoms with van der Waals surface area (Å²) in [5.74, 6) is 1.89. The molecule has 5 saturated carbocycles. The fraction of sp³-hybridized carbons (Fsp3) is 0.950. The molecule has 22 heavy (non-hydrogen) atoms. The lowest BCUT2D eigenvalue weighted by molar-refractivity contribution is -0.171. The summed E-state index contributed by atoms with van der Waals surface area (Å²) in [5, 5.41) is 3.52. The number of hydrogen-bond acceptors (Lipinski definition) is 1. The molecule has 0 spiro atoms. The molecule has 1 amide bonds. The summed E-state index contributed by atoms with van der Waals surface area (Å²) in [6.45, 7) is 7.24. The van der Waals surface area contributed by atoms with Gasteiger partial charge in [-0.15, -0.1) is 0 Å². The van der Waals surface area contributed by atoms with Gasteiger partial charge < -0.3 is 5.32 Å². The highest BCUT2D eigenvalue weighted by molar-refractivity contribution is 5.83. The standard InChI is InChI=1S/C20H33NO/c1-14-6-4-5-7-16(14)21-17(22)20-10-15-8-18(2,12-20)11-19(3,9-15)13-20/h14-16H,4-13H2,1-3H3,(H,21,22)/t14-,15?,16-,18+,19+,20?/m0/s1. The average Bonchev–Trinajstić information content (AvgIpc) is 2.37. The van der Waals surface area contributed by atoms with Crippen LogP contribution in [0, 0.1) is 28.1 Å². The maximum Gasteiger partial charge on any atom is 0.226 e. The lowest BCUT2D eigenvalue weighted by Crippen LogP contribution is -2.61. The van der Waals surface area contributed by atoms with Crippen molar-refractivity contribution in [1.29, 1.82) is 0 Å². The number of carbonyl (C=O) groups is 1. The third-order valence-corrected chi connectivity index (χ3v) is 7.54. The summed E-state index contributed by atoms with van der Waals surface area (Å²) < 4.78 is 0. The van der Waals surface area contributed by atoms with Crippen LogP contribution in [0.4, 0.5) is 0 Å². The molecule has 4 bridgehead atoms. The van der Waals surface area contributed by atoms with E-state index in [9.17, 15) is 4.79 Å². The van der Waals surface area contributed by atoms with Crippen LogP contribution < -0.4 is 5.32 Å². The molecular formula is C20H33NO. The van der Waals surface area contributed by atoms with E-state index < -0.39 is 0 Å². The van der Waals surface area contributed by atoms with E-state index in [1.807, 2.05) is 0 Å². The summed E-state index contributed by atoms with van der Waals surface area (Å²) in [5.41, 5.74) is 0.841. The molecular weight excluding hydrogens is 270 g/mol. The summed E-state index contributed by atoms with van der Waals surface area (Å²) >= 11 is 0. The van der Waals surface area contributed by atoms with Gasteiger partial charge in [0, 0.05) is 6.04 Å². The van der Waals surface area contributed by atoms with Crippen LogP contribution in [-0.2, 0) is 4.79 Å². The Morgan fingerprint density at radius 1 is 0.955 bits per heavy atom. The number of hydrogen-bond donors (Lipinski definition) is 1. The minimum Gasteiger partial charge on any atom is -0.353 e. The first-order valence-corrected chi connectivity index (χ1v) is 9.63. The van der Waals surface area contributed by atoms with Gasteiger partial charge >= 0.3 is 0 Å². The molecule has 0 heterocycles. The summed E-state index contributed by atoms with van der Waals surface area (Å²) in [6, 6.07) is 0.440. The van der Waals surface area contributed by atoms with Crippen LogP contribution in [-0.4, -0.2) is 11.9 Å². The molecule has 0 aromatic heterocycles. The second-order valence-electron chi connectivity index (χ2n) is 10.3. The van der Waals surface area contributed by atoms with Gasteiger partial charge in [-0.25, -0.2) is 0 Å². The van der Waals surface area contributed by atoms with Crippen LogP contribution in [0.15, 0.2) is 0 Å². The number of amides is 1. The zero-order valence-electron chi connectivity index (χ0n) is 14.7. The Balaban J connectivity index is 1.55. The van der Waals surface area contributed by atoms with Gasteiger partial charge in [0.25, 0.3) is 0 Å². The molecule has 5 rings (SSSR count). The quantitative estimate of drug-likeness (QED) is 0.788. The second kappa shape index (κ2) is 4.74. The zero-order chi connectivity index (χ0) is 15.6. The maximum atomic E-state index is 13.3. The molecule has 0 radical (unpaired) electrons. The van der Waals surface area contributed by atoms with E-state index >= 15 is 0 Å². The normalized spacial score (nSPS) is 53.5. The molecule has 1 N–H and O–H groups in total. The van der Waals surface area contributed by atoms with Crippen LogP contribution >= 0.6 is 0 Å². The molecule has 4 atom stereocenters. The van der Waals surface area contributed by atoms with Crippen molar-refractivity contribution in [3.05, 3.63) is 0 Å². The average molecular weight is 303 g/mol. The molecule has 2 heteroatoms. The third kappa shape index (κ3) is 2.32. The van der Waals surface area contributed by atoms with Crippen LogP contribution in [0.25, 0.3) is 0 Å². The first-order chi connectivity index (χ1) is 10.3. The molecule has 0 aromatic carbocycles. The van der Waals surface area contributed by atoms with Crippen LogP contribution in [0.1, 0.15) is 85.0 Å². The van der Waals surface area contributed by atoms with Gasteiger partial charge in [0.1, 0.15) is 0 Å². The SMILES string of the molecule is C[C@H]1CCCC[C@@H]1NC(=O)C12CC3C[C@@](C)(C1)C[C@@](C)(C3)C2. The Bertz CT molecular complexity index is 466. The maximum absolute atomic E-state index is 13.3. The second-order valence-corrected chi connectivity index (χ2v) is 10.3. The minimum atomic E-state index is -0.0277. The van der Waals surface area contributed by atoms with Crippen LogP contribution in [0.2, 0.25) is 0 Å². The molecule has 5 aliphatic rings. The monoisotopic (exact) mass is 303 g/mol. The molecule has 124 valence electrons. The highest BCUT2D eigenvalue weighted by Gasteiger charge is 2.62. The first-order valence-electron chi connectivity index (χ1n) is 9.63. The van der Waals surface area contributed by atoms with Crippen molar-refractivity contribution in [2.75, 3.05) is 0 Å². The molecule has 5 fully saturated rings. The van der Waals surface area contributed by atoms with Gasteiger partial charge in [-0.3, -0.25) is 4.79 Å². The molecule has 5 aliphatic carbocycles. The van der Waals surface area contributed by atoms with Crippen molar-refractivity contribution in [1.82, 2.24) is 5.32 Å². The van der Waals surface area contributed by atoms with Crippen molar-refractivity contribution in [3.63, 3.8) is 0 Å². The molecule has 0 unspecified atom stereocenters. The highest BCUT2D eigenvalue weighted by atomic mass is 16.2. The Labute approximate surface area is 135 Å². The topological polar surface area (TPSA) is 29.1 Å². The fourth-order valence-electron chi connectivity index (χ4n) is 7.55. The zero-order valence-corrected chi connectivity index (χ0v) is 14.7. The summed E-state index contributed by atoms with van der Waals surface area (Å²) in [4.78, 5) is 13.3. The highest BCUT2D eigenvalue weighted by Crippen LogP contribution is 2.69. The van der Waals surface area contributed by atoms with Gasteiger partial charge in [-0.2, -0.15) is 0 Å². The van der Waals surface area contributed by atoms with Gasteiger partial charge in [0.2, 0.25) is 5.91 Å². The fourth-order valence-corrected chi connectivity index (χ4v) is 7.55. The molecule has 0 aromatic rings. The minimum absolute atomic E-state index is 0.0277. The van der Waals surface area contributed by atoms with E-state index in [4.69, 9.17) is 0 Å². The Morgan fingerprint density at radius 2 is 1.59 bits per heavy atom. The van der Waals surface area contributed by atoms with Gasteiger partial charge in [-0.1, -0.05) is 33.6 Å². The van der Waals surface area contributed by atoms with Gasteiger partial charge in [0.05, 0.1) is 5.41 Å². The largest absolute Gasteiger partial charge is 0.353 e. The van der Waals surface area contributed by atoms with E-state index in [2.05, 4.69) is 26.1 Å². The van der Waals surface area contributed by atoms with Gasteiger partial charge in [-0.05, 0) is 74.0 Å². The summed E-state index contributed by atoms with van der Waals surface area (Å²) in [6.07, 6.45) is 12.7. The van der Waals surface area contributed by atoms with E-state index in [1.165, 1.54) is 51.4 Å². The number of carbonyl (C=O) groups excluding carboxylic acids is 1. The summed E-state index contributed by atoms with van der Waals surface area (Å²) in [7, 11) is 0. The molecule has 0 aliphatic heterocycles. The van der Waals surface area contributed by atoms with Crippen LogP contribution in [0.5, 0.6) is 0 Å². The van der Waals surface area contributed by atoms with Crippen molar-refractivity contribution in [2.45, 2.75) is 91.0 Å². The number of rotatable bonds is 2. The smallest absolute Gasteiger partial charge is 0.226 e. The number of nitrogens with one attached hydrogen (secondary N) is 1. The van der Waals surface area contributed by atoms with E-state index in [-0.39, 0.29) is 5.41 Å². The Morgan fingerprint density at radius 3 is 2.18 bits per heavy atom. The predicted molar refractivity (Wildman–Crippen MR) is 89.4 cm³/mol. The first kappa shape index (κ1) is 15.0. The van der Waals surface area contributed by atoms with Crippen molar-refractivity contribution in [2.24, 2.45) is 28.1 Å².